The number of amides is 1. The predicted molar refractivity (Wildman–Crippen MR) is 84.2 cm³/mol. The first-order chi connectivity index (χ1) is 10.3. The number of nitrogens with zero attached hydrogens (tertiary/aromatic N) is 3. The first-order valence-corrected chi connectivity index (χ1v) is 8.05. The molecule has 0 aliphatic carbocycles. The molecular formula is C14H12N4OS2. The minimum absolute atomic E-state index is 0.127. The molecule has 1 N–H and O–H groups in total. The van der Waals surface area contributed by atoms with Crippen LogP contribution in [0.2, 0.25) is 0 Å². The molecule has 0 bridgehead atoms. The van der Waals surface area contributed by atoms with Crippen molar-refractivity contribution >= 4 is 35.1 Å². The third-order valence-electron chi connectivity index (χ3n) is 2.33. The molecular weight excluding hydrogens is 304 g/mol. The van der Waals surface area contributed by atoms with Gasteiger partial charge in [0, 0.05) is 17.3 Å². The van der Waals surface area contributed by atoms with Crippen LogP contribution in [-0.2, 0) is 4.79 Å². The molecule has 0 aliphatic rings. The minimum atomic E-state index is -0.127. The molecule has 1 aromatic carbocycles. The second kappa shape index (κ2) is 8.29. The number of nitrogens with one attached hydrogen (secondary N) is 1. The SMILES string of the molecule is N#CCSc1ccccc1NC(=O)CSc1ncccn1. The van der Waals surface area contributed by atoms with Crippen molar-refractivity contribution in [3.63, 3.8) is 0 Å². The number of para-hydroxylation sites is 1. The Hall–Kier alpha value is -2.04. The van der Waals surface area contributed by atoms with Crippen molar-refractivity contribution in [2.75, 3.05) is 16.8 Å². The second-order valence-electron chi connectivity index (χ2n) is 3.81. The molecule has 0 spiro atoms. The number of hydrogen-bond acceptors (Lipinski definition) is 6. The molecule has 7 heteroatoms. The van der Waals surface area contributed by atoms with Gasteiger partial charge >= 0.3 is 0 Å². The molecule has 0 unspecified atom stereocenters. The van der Waals surface area contributed by atoms with Gasteiger partial charge in [0.2, 0.25) is 5.91 Å². The van der Waals surface area contributed by atoms with Crippen LogP contribution in [0.5, 0.6) is 0 Å². The maximum Gasteiger partial charge on any atom is 0.234 e. The lowest BCUT2D eigenvalue weighted by molar-refractivity contribution is -0.113. The van der Waals surface area contributed by atoms with Crippen LogP contribution in [0.1, 0.15) is 0 Å². The average Bonchev–Trinajstić information content (AvgIpc) is 2.53. The van der Waals surface area contributed by atoms with Crippen LogP contribution >= 0.6 is 23.5 Å². The fraction of sp³-hybridized carbons (Fsp3) is 0.143. The Morgan fingerprint density at radius 3 is 2.71 bits per heavy atom. The van der Waals surface area contributed by atoms with Crippen LogP contribution in [0.4, 0.5) is 5.69 Å². The number of hydrogen-bond donors (Lipinski definition) is 1. The number of carbonyl (C=O) groups excluding carboxylic acids is 1. The smallest absolute Gasteiger partial charge is 0.234 e. The highest BCUT2D eigenvalue weighted by atomic mass is 32.2. The van der Waals surface area contributed by atoms with Gasteiger partial charge in [-0.1, -0.05) is 23.9 Å². The predicted octanol–water partition coefficient (Wildman–Crippen LogP) is 2.82. The fourth-order valence-electron chi connectivity index (χ4n) is 1.48. The van der Waals surface area contributed by atoms with Crippen LogP contribution < -0.4 is 5.32 Å². The summed E-state index contributed by atoms with van der Waals surface area (Å²) in [4.78, 5) is 20.9. The highest BCUT2D eigenvalue weighted by molar-refractivity contribution is 8.00. The van der Waals surface area contributed by atoms with Gasteiger partial charge in [-0.2, -0.15) is 5.26 Å². The Labute approximate surface area is 131 Å². The zero-order chi connectivity index (χ0) is 14.9. The lowest BCUT2D eigenvalue weighted by Gasteiger charge is -2.09. The summed E-state index contributed by atoms with van der Waals surface area (Å²) in [7, 11) is 0. The molecule has 106 valence electrons. The van der Waals surface area contributed by atoms with Gasteiger partial charge in [-0.25, -0.2) is 9.97 Å². The molecule has 1 heterocycles. The topological polar surface area (TPSA) is 78.7 Å². The van der Waals surface area contributed by atoms with E-state index in [1.165, 1.54) is 23.5 Å². The van der Waals surface area contributed by atoms with E-state index in [4.69, 9.17) is 5.26 Å². The third-order valence-corrected chi connectivity index (χ3v) is 4.14. The Balaban J connectivity index is 1.92. The molecule has 21 heavy (non-hydrogen) atoms. The van der Waals surface area contributed by atoms with Crippen molar-refractivity contribution < 1.29 is 4.79 Å². The lowest BCUT2D eigenvalue weighted by Crippen LogP contribution is -2.14. The highest BCUT2D eigenvalue weighted by Gasteiger charge is 2.08. The maximum absolute atomic E-state index is 12.0. The number of rotatable bonds is 6. The quantitative estimate of drug-likeness (QED) is 0.652. The van der Waals surface area contributed by atoms with E-state index in [2.05, 4.69) is 21.4 Å². The molecule has 0 saturated heterocycles. The molecule has 2 rings (SSSR count). The van der Waals surface area contributed by atoms with E-state index in [9.17, 15) is 4.79 Å². The van der Waals surface area contributed by atoms with Crippen molar-refractivity contribution in [3.05, 3.63) is 42.7 Å². The van der Waals surface area contributed by atoms with E-state index < -0.39 is 0 Å². The zero-order valence-corrected chi connectivity index (χ0v) is 12.7. The molecule has 0 fully saturated rings. The fourth-order valence-corrected chi connectivity index (χ4v) is 2.75. The van der Waals surface area contributed by atoms with Crippen molar-refractivity contribution in [3.8, 4) is 6.07 Å². The van der Waals surface area contributed by atoms with Gasteiger partial charge in [0.25, 0.3) is 0 Å². The number of anilines is 1. The normalized spacial score (nSPS) is 9.86. The Morgan fingerprint density at radius 1 is 1.19 bits per heavy atom. The van der Waals surface area contributed by atoms with E-state index in [1.54, 1.807) is 18.5 Å². The summed E-state index contributed by atoms with van der Waals surface area (Å²) in [5, 5.41) is 12.0. The molecule has 1 aromatic heterocycles. The molecule has 0 saturated carbocycles. The standard InChI is InChI=1S/C14H12N4OS2/c15-6-9-20-12-5-2-1-4-11(12)18-13(19)10-21-14-16-7-3-8-17-14/h1-5,7-8H,9-10H2,(H,18,19). The molecule has 2 aromatic rings. The number of benzene rings is 1. The van der Waals surface area contributed by atoms with Crippen LogP contribution in [0, 0.1) is 11.3 Å². The van der Waals surface area contributed by atoms with Gasteiger partial charge < -0.3 is 5.32 Å². The summed E-state index contributed by atoms with van der Waals surface area (Å²) in [5.41, 5.74) is 0.720. The van der Waals surface area contributed by atoms with Crippen molar-refractivity contribution in [1.29, 1.82) is 5.26 Å². The van der Waals surface area contributed by atoms with Crippen molar-refractivity contribution in [2.24, 2.45) is 0 Å². The Morgan fingerprint density at radius 2 is 1.95 bits per heavy atom. The first kappa shape index (κ1) is 15.4. The Kier molecular flexibility index (Phi) is 6.06. The summed E-state index contributed by atoms with van der Waals surface area (Å²) >= 11 is 2.67. The van der Waals surface area contributed by atoms with Crippen molar-refractivity contribution in [2.45, 2.75) is 10.1 Å². The largest absolute Gasteiger partial charge is 0.324 e. The summed E-state index contributed by atoms with van der Waals surface area (Å²) in [6.07, 6.45) is 3.28. The lowest BCUT2D eigenvalue weighted by atomic mass is 10.3. The summed E-state index contributed by atoms with van der Waals surface area (Å²) < 4.78 is 0. The maximum atomic E-state index is 12.0. The molecule has 0 aliphatic heterocycles. The number of thioether (sulfide) groups is 2. The van der Waals surface area contributed by atoms with E-state index in [-0.39, 0.29) is 11.7 Å². The van der Waals surface area contributed by atoms with Gasteiger partial charge in [0.05, 0.1) is 23.3 Å². The van der Waals surface area contributed by atoms with E-state index in [0.29, 0.717) is 10.9 Å². The number of nitriles is 1. The van der Waals surface area contributed by atoms with Gasteiger partial charge in [0.1, 0.15) is 0 Å². The molecule has 5 nitrogen and oxygen atoms in total. The highest BCUT2D eigenvalue weighted by Crippen LogP contribution is 2.26. The number of aromatic nitrogens is 2. The average molecular weight is 316 g/mol. The summed E-state index contributed by atoms with van der Waals surface area (Å²) in [6, 6.07) is 11.2. The molecule has 0 radical (unpaired) electrons. The van der Waals surface area contributed by atoms with Crippen LogP contribution in [-0.4, -0.2) is 27.4 Å². The van der Waals surface area contributed by atoms with Crippen molar-refractivity contribution in [1.82, 2.24) is 9.97 Å². The third kappa shape index (κ3) is 5.10. The number of carbonyl (C=O) groups is 1. The van der Waals surface area contributed by atoms with Gasteiger partial charge in [-0.3, -0.25) is 4.79 Å². The summed E-state index contributed by atoms with van der Waals surface area (Å²) in [5.74, 6) is 0.457. The van der Waals surface area contributed by atoms with E-state index >= 15 is 0 Å². The van der Waals surface area contributed by atoms with Gasteiger partial charge in [0.15, 0.2) is 5.16 Å². The monoisotopic (exact) mass is 316 g/mol. The minimum Gasteiger partial charge on any atom is -0.324 e. The molecule has 0 atom stereocenters. The zero-order valence-electron chi connectivity index (χ0n) is 11.0. The van der Waals surface area contributed by atoms with Crippen LogP contribution in [0.25, 0.3) is 0 Å². The second-order valence-corrected chi connectivity index (χ2v) is 5.77. The van der Waals surface area contributed by atoms with Crippen LogP contribution in [0.15, 0.2) is 52.8 Å². The van der Waals surface area contributed by atoms with E-state index in [1.807, 2.05) is 24.3 Å². The first-order valence-electron chi connectivity index (χ1n) is 6.08. The molecule has 1 amide bonds. The van der Waals surface area contributed by atoms with Crippen LogP contribution in [0.3, 0.4) is 0 Å². The Bertz CT molecular complexity index is 643. The van der Waals surface area contributed by atoms with E-state index in [0.717, 1.165) is 10.6 Å². The van der Waals surface area contributed by atoms with Gasteiger partial charge in [-0.05, 0) is 18.2 Å². The van der Waals surface area contributed by atoms with Gasteiger partial charge in [-0.15, -0.1) is 11.8 Å². The summed E-state index contributed by atoms with van der Waals surface area (Å²) in [6.45, 7) is 0.